The molecule has 0 radical (unpaired) electrons. The Morgan fingerprint density at radius 2 is 1.50 bits per heavy atom. The molecule has 142 valence electrons. The van der Waals surface area contributed by atoms with E-state index < -0.39 is 0 Å². The molecule has 1 fully saturated rings. The summed E-state index contributed by atoms with van der Waals surface area (Å²) in [6.45, 7) is 2.64. The summed E-state index contributed by atoms with van der Waals surface area (Å²) >= 11 is 0. The van der Waals surface area contributed by atoms with Gasteiger partial charge in [-0.2, -0.15) is 0 Å². The van der Waals surface area contributed by atoms with E-state index in [0.29, 0.717) is 6.54 Å². The van der Waals surface area contributed by atoms with Gasteiger partial charge in [0.05, 0.1) is 5.92 Å². The van der Waals surface area contributed by atoms with Gasteiger partial charge < -0.3 is 10.2 Å². The van der Waals surface area contributed by atoms with Crippen LogP contribution >= 0.6 is 0 Å². The van der Waals surface area contributed by atoms with Crippen LogP contribution < -0.4 is 10.2 Å². The van der Waals surface area contributed by atoms with Crippen molar-refractivity contribution in [2.24, 2.45) is 0 Å². The third kappa shape index (κ3) is 4.22. The predicted octanol–water partition coefficient (Wildman–Crippen LogP) is 4.13. The molecule has 3 aromatic rings. The number of nitrogens with zero attached hydrogens (tertiary/aromatic N) is 2. The zero-order chi connectivity index (χ0) is 19.2. The average Bonchev–Trinajstić information content (AvgIpc) is 3.29. The SMILES string of the molecule is O=C(NCc1ccc(N2CCCC2)nc1)C(c1ccccc1)c1ccccc1. The fourth-order valence-corrected chi connectivity index (χ4v) is 3.73. The highest BCUT2D eigenvalue weighted by Crippen LogP contribution is 2.25. The van der Waals surface area contributed by atoms with Crippen LogP contribution in [0, 0.1) is 0 Å². The number of hydrogen-bond donors (Lipinski definition) is 1. The minimum atomic E-state index is -0.320. The molecule has 28 heavy (non-hydrogen) atoms. The highest BCUT2D eigenvalue weighted by molar-refractivity contribution is 5.87. The molecule has 1 aliphatic rings. The number of amides is 1. The van der Waals surface area contributed by atoms with Gasteiger partial charge in [-0.05, 0) is 35.6 Å². The summed E-state index contributed by atoms with van der Waals surface area (Å²) in [5.74, 6) is 0.708. The Morgan fingerprint density at radius 1 is 0.893 bits per heavy atom. The normalized spacial score (nSPS) is 13.7. The van der Waals surface area contributed by atoms with Gasteiger partial charge in [-0.15, -0.1) is 0 Å². The largest absolute Gasteiger partial charge is 0.357 e. The fourth-order valence-electron chi connectivity index (χ4n) is 3.73. The lowest BCUT2D eigenvalue weighted by Gasteiger charge is -2.18. The molecule has 1 aliphatic heterocycles. The second-order valence-electron chi connectivity index (χ2n) is 7.19. The number of aromatic nitrogens is 1. The molecular weight excluding hydrogens is 346 g/mol. The molecule has 0 bridgehead atoms. The second-order valence-corrected chi connectivity index (χ2v) is 7.19. The van der Waals surface area contributed by atoms with E-state index in [0.717, 1.165) is 35.6 Å². The molecule has 0 unspecified atom stereocenters. The number of rotatable bonds is 6. The van der Waals surface area contributed by atoms with Crippen LogP contribution in [0.15, 0.2) is 79.0 Å². The van der Waals surface area contributed by atoms with Crippen molar-refractivity contribution in [3.8, 4) is 0 Å². The Labute approximate surface area is 166 Å². The van der Waals surface area contributed by atoms with E-state index in [2.05, 4.69) is 27.3 Å². The summed E-state index contributed by atoms with van der Waals surface area (Å²) in [5.41, 5.74) is 3.00. The van der Waals surface area contributed by atoms with E-state index >= 15 is 0 Å². The van der Waals surface area contributed by atoms with Crippen molar-refractivity contribution in [1.82, 2.24) is 10.3 Å². The molecule has 1 amide bonds. The average molecular weight is 371 g/mol. The maximum atomic E-state index is 13.1. The van der Waals surface area contributed by atoms with Crippen LogP contribution in [0.5, 0.6) is 0 Å². The van der Waals surface area contributed by atoms with Crippen molar-refractivity contribution < 1.29 is 4.79 Å². The van der Waals surface area contributed by atoms with Gasteiger partial charge in [-0.1, -0.05) is 66.7 Å². The zero-order valence-electron chi connectivity index (χ0n) is 15.9. The van der Waals surface area contributed by atoms with Gasteiger partial charge in [-0.3, -0.25) is 4.79 Å². The molecule has 1 N–H and O–H groups in total. The minimum Gasteiger partial charge on any atom is -0.357 e. The molecule has 2 aromatic carbocycles. The number of carbonyl (C=O) groups is 1. The fraction of sp³-hybridized carbons (Fsp3) is 0.250. The molecular formula is C24H25N3O. The number of pyridine rings is 1. The van der Waals surface area contributed by atoms with E-state index in [1.807, 2.05) is 66.9 Å². The predicted molar refractivity (Wildman–Crippen MR) is 112 cm³/mol. The lowest BCUT2D eigenvalue weighted by atomic mass is 9.90. The van der Waals surface area contributed by atoms with Crippen LogP contribution in [0.2, 0.25) is 0 Å². The maximum absolute atomic E-state index is 13.1. The number of benzene rings is 2. The molecule has 4 rings (SSSR count). The molecule has 0 atom stereocenters. The van der Waals surface area contributed by atoms with E-state index in [9.17, 15) is 4.79 Å². The topological polar surface area (TPSA) is 45.2 Å². The molecule has 1 saturated heterocycles. The summed E-state index contributed by atoms with van der Waals surface area (Å²) < 4.78 is 0. The number of nitrogens with one attached hydrogen (secondary N) is 1. The third-order valence-corrected chi connectivity index (χ3v) is 5.23. The summed E-state index contributed by atoms with van der Waals surface area (Å²) in [4.78, 5) is 19.9. The standard InChI is InChI=1S/C24H25N3O/c28-24(23(20-9-3-1-4-10-20)21-11-5-2-6-12-21)26-18-19-13-14-22(25-17-19)27-15-7-8-16-27/h1-6,9-14,17,23H,7-8,15-16,18H2,(H,26,28). The first-order valence-electron chi connectivity index (χ1n) is 9.89. The van der Waals surface area contributed by atoms with Crippen molar-refractivity contribution in [1.29, 1.82) is 0 Å². The van der Waals surface area contributed by atoms with E-state index in [-0.39, 0.29) is 11.8 Å². The summed E-state index contributed by atoms with van der Waals surface area (Å²) in [5, 5.41) is 3.09. The Hall–Kier alpha value is -3.14. The molecule has 1 aromatic heterocycles. The highest BCUT2D eigenvalue weighted by Gasteiger charge is 2.22. The van der Waals surface area contributed by atoms with Gasteiger partial charge in [0.2, 0.25) is 5.91 Å². The van der Waals surface area contributed by atoms with Crippen molar-refractivity contribution in [3.63, 3.8) is 0 Å². The molecule has 0 spiro atoms. The second kappa shape index (κ2) is 8.70. The summed E-state index contributed by atoms with van der Waals surface area (Å²) in [6.07, 6.45) is 4.34. The van der Waals surface area contributed by atoms with E-state index in [4.69, 9.17) is 0 Å². The van der Waals surface area contributed by atoms with Crippen LogP contribution in [0.4, 0.5) is 5.82 Å². The Balaban J connectivity index is 1.46. The zero-order valence-corrected chi connectivity index (χ0v) is 15.9. The molecule has 4 nitrogen and oxygen atoms in total. The van der Waals surface area contributed by atoms with Gasteiger partial charge in [0.15, 0.2) is 0 Å². The van der Waals surface area contributed by atoms with Gasteiger partial charge in [0, 0.05) is 25.8 Å². The minimum absolute atomic E-state index is 0.000944. The maximum Gasteiger partial charge on any atom is 0.232 e. The van der Waals surface area contributed by atoms with Gasteiger partial charge in [0.1, 0.15) is 5.82 Å². The number of carbonyl (C=O) groups excluding carboxylic acids is 1. The summed E-state index contributed by atoms with van der Waals surface area (Å²) in [6, 6.07) is 24.0. The Kier molecular flexibility index (Phi) is 5.66. The number of hydrogen-bond acceptors (Lipinski definition) is 3. The molecule has 4 heteroatoms. The van der Waals surface area contributed by atoms with E-state index in [1.54, 1.807) is 0 Å². The quantitative estimate of drug-likeness (QED) is 0.709. The smallest absolute Gasteiger partial charge is 0.232 e. The van der Waals surface area contributed by atoms with Crippen LogP contribution in [0.25, 0.3) is 0 Å². The molecule has 2 heterocycles. The van der Waals surface area contributed by atoms with Gasteiger partial charge >= 0.3 is 0 Å². The molecule has 0 aliphatic carbocycles. The first-order chi connectivity index (χ1) is 13.8. The Morgan fingerprint density at radius 3 is 2.04 bits per heavy atom. The first kappa shape index (κ1) is 18.2. The highest BCUT2D eigenvalue weighted by atomic mass is 16.1. The van der Waals surface area contributed by atoms with Crippen LogP contribution in [-0.2, 0) is 11.3 Å². The van der Waals surface area contributed by atoms with Crippen molar-refractivity contribution in [3.05, 3.63) is 95.7 Å². The number of anilines is 1. The van der Waals surface area contributed by atoms with Crippen LogP contribution in [0.3, 0.4) is 0 Å². The lowest BCUT2D eigenvalue weighted by molar-refractivity contribution is -0.121. The third-order valence-electron chi connectivity index (χ3n) is 5.23. The van der Waals surface area contributed by atoms with Gasteiger partial charge in [-0.25, -0.2) is 4.98 Å². The Bertz CT molecular complexity index is 849. The monoisotopic (exact) mass is 371 g/mol. The van der Waals surface area contributed by atoms with Crippen LogP contribution in [-0.4, -0.2) is 24.0 Å². The molecule has 0 saturated carbocycles. The van der Waals surface area contributed by atoms with Gasteiger partial charge in [0.25, 0.3) is 0 Å². The van der Waals surface area contributed by atoms with Crippen molar-refractivity contribution in [2.45, 2.75) is 25.3 Å². The van der Waals surface area contributed by atoms with Crippen LogP contribution in [0.1, 0.15) is 35.4 Å². The van der Waals surface area contributed by atoms with Crippen molar-refractivity contribution in [2.75, 3.05) is 18.0 Å². The lowest BCUT2D eigenvalue weighted by Crippen LogP contribution is -2.29. The van der Waals surface area contributed by atoms with Crippen molar-refractivity contribution >= 4 is 11.7 Å². The first-order valence-corrected chi connectivity index (χ1v) is 9.89. The summed E-state index contributed by atoms with van der Waals surface area (Å²) in [7, 11) is 0. The van der Waals surface area contributed by atoms with E-state index in [1.165, 1.54) is 12.8 Å².